The van der Waals surface area contributed by atoms with Gasteiger partial charge in [-0.1, -0.05) is 0 Å². The summed E-state index contributed by atoms with van der Waals surface area (Å²) in [6.07, 6.45) is 5.91. The molecule has 11 nitrogen and oxygen atoms in total. The van der Waals surface area contributed by atoms with Crippen LogP contribution in [-0.4, -0.2) is 58.7 Å². The highest BCUT2D eigenvalue weighted by molar-refractivity contribution is 5.79. The zero-order valence-corrected chi connectivity index (χ0v) is 16.2. The summed E-state index contributed by atoms with van der Waals surface area (Å²) >= 11 is 0. The molecular weight excluding hydrogens is 378 g/mol. The first-order valence-corrected chi connectivity index (χ1v) is 9.27. The highest BCUT2D eigenvalue weighted by Crippen LogP contribution is 2.17. The van der Waals surface area contributed by atoms with Crippen LogP contribution in [0, 0.1) is 0 Å². The minimum Gasteiger partial charge on any atom is -0.472 e. The molecule has 1 aliphatic rings. The van der Waals surface area contributed by atoms with E-state index in [0.717, 1.165) is 17.4 Å². The molecule has 0 saturated carbocycles. The number of aromatic nitrogens is 6. The maximum absolute atomic E-state index is 12.9. The molecule has 152 valence electrons. The van der Waals surface area contributed by atoms with E-state index in [2.05, 4.69) is 15.0 Å². The van der Waals surface area contributed by atoms with Crippen LogP contribution in [0.1, 0.15) is 12.8 Å². The Kier molecular flexibility index (Phi) is 4.87. The van der Waals surface area contributed by atoms with Crippen LogP contribution in [0.5, 0.6) is 5.88 Å². The number of aryl methyl sites for hydroxylation is 1. The number of hydrogen-bond acceptors (Lipinski definition) is 7. The summed E-state index contributed by atoms with van der Waals surface area (Å²) in [5.41, 5.74) is -0.444. The number of piperidine rings is 1. The molecule has 1 aliphatic heterocycles. The summed E-state index contributed by atoms with van der Waals surface area (Å²) in [5, 5.41) is 0. The second kappa shape index (κ2) is 7.49. The van der Waals surface area contributed by atoms with Crippen molar-refractivity contribution < 1.29 is 9.53 Å². The van der Waals surface area contributed by atoms with Crippen LogP contribution < -0.4 is 16.0 Å². The maximum atomic E-state index is 12.9. The fourth-order valence-corrected chi connectivity index (χ4v) is 3.54. The van der Waals surface area contributed by atoms with E-state index in [-0.39, 0.29) is 29.7 Å². The second-order valence-electron chi connectivity index (χ2n) is 7.02. The topological polar surface area (TPSA) is 117 Å². The van der Waals surface area contributed by atoms with Gasteiger partial charge < -0.3 is 14.2 Å². The number of nitrogens with zero attached hydrogens (tertiary/aromatic N) is 7. The quantitative estimate of drug-likeness (QED) is 0.569. The van der Waals surface area contributed by atoms with Gasteiger partial charge in [-0.05, 0) is 12.8 Å². The number of hydrogen-bond donors (Lipinski definition) is 0. The summed E-state index contributed by atoms with van der Waals surface area (Å²) in [5.74, 6) is 0.334. The Bertz CT molecular complexity index is 1160. The SMILES string of the molecule is Cn1c(=O)c2c(ncn2CC(=O)N2CCCC(Oc3ccncn3)C2)n(C)c1=O. The first kappa shape index (κ1) is 18.8. The predicted octanol–water partition coefficient (Wildman–Crippen LogP) is -0.706. The van der Waals surface area contributed by atoms with Gasteiger partial charge in [-0.25, -0.2) is 19.7 Å². The zero-order chi connectivity index (χ0) is 20.5. The molecule has 29 heavy (non-hydrogen) atoms. The van der Waals surface area contributed by atoms with Crippen molar-refractivity contribution in [3.8, 4) is 5.88 Å². The van der Waals surface area contributed by atoms with Crippen molar-refractivity contribution in [2.75, 3.05) is 13.1 Å². The van der Waals surface area contributed by atoms with Crippen LogP contribution in [0.25, 0.3) is 11.2 Å². The van der Waals surface area contributed by atoms with E-state index in [4.69, 9.17) is 4.74 Å². The van der Waals surface area contributed by atoms with Crippen molar-refractivity contribution in [1.82, 2.24) is 33.6 Å². The molecule has 1 saturated heterocycles. The largest absolute Gasteiger partial charge is 0.472 e. The number of fused-ring (bicyclic) bond motifs is 1. The van der Waals surface area contributed by atoms with E-state index in [1.165, 1.54) is 28.8 Å². The van der Waals surface area contributed by atoms with Crippen molar-refractivity contribution in [3.05, 3.63) is 45.8 Å². The molecular formula is C18H21N7O4. The standard InChI is InChI=1S/C18H21N7O4/c1-22-16-15(17(27)23(2)18(22)28)25(11-21-16)9-14(26)24-7-3-4-12(8-24)29-13-5-6-19-10-20-13/h5-6,10-12H,3-4,7-9H2,1-2H3. The summed E-state index contributed by atoms with van der Waals surface area (Å²) in [6.45, 7) is 1.02. The van der Waals surface area contributed by atoms with E-state index in [1.54, 1.807) is 24.2 Å². The lowest BCUT2D eigenvalue weighted by Crippen LogP contribution is -2.45. The van der Waals surface area contributed by atoms with Crippen LogP contribution in [-0.2, 0) is 25.4 Å². The molecule has 4 heterocycles. The van der Waals surface area contributed by atoms with Gasteiger partial charge in [0, 0.05) is 32.9 Å². The lowest BCUT2D eigenvalue weighted by molar-refractivity contribution is -0.134. The predicted molar refractivity (Wildman–Crippen MR) is 102 cm³/mol. The zero-order valence-electron chi connectivity index (χ0n) is 16.2. The number of ether oxygens (including phenoxy) is 1. The number of likely N-dealkylation sites (tertiary alicyclic amines) is 1. The second-order valence-corrected chi connectivity index (χ2v) is 7.02. The van der Waals surface area contributed by atoms with Crippen LogP contribution in [0.15, 0.2) is 34.5 Å². The fourth-order valence-electron chi connectivity index (χ4n) is 3.54. The first-order chi connectivity index (χ1) is 14.0. The van der Waals surface area contributed by atoms with Gasteiger partial charge in [0.05, 0.1) is 12.9 Å². The number of carbonyl (C=O) groups is 1. The molecule has 0 spiro atoms. The van der Waals surface area contributed by atoms with E-state index in [9.17, 15) is 14.4 Å². The fraction of sp³-hybridized carbons (Fsp3) is 0.444. The highest BCUT2D eigenvalue weighted by atomic mass is 16.5. The van der Waals surface area contributed by atoms with Crippen molar-refractivity contribution in [3.63, 3.8) is 0 Å². The van der Waals surface area contributed by atoms with Gasteiger partial charge in [-0.15, -0.1) is 0 Å². The van der Waals surface area contributed by atoms with Gasteiger partial charge in [0.1, 0.15) is 19.0 Å². The lowest BCUT2D eigenvalue weighted by Gasteiger charge is -2.32. The Morgan fingerprint density at radius 2 is 2.07 bits per heavy atom. The van der Waals surface area contributed by atoms with Gasteiger partial charge in [0.2, 0.25) is 11.8 Å². The molecule has 1 unspecified atom stereocenters. The average molecular weight is 399 g/mol. The third-order valence-electron chi connectivity index (χ3n) is 5.10. The normalized spacial score (nSPS) is 16.9. The molecule has 0 radical (unpaired) electrons. The van der Waals surface area contributed by atoms with Gasteiger partial charge >= 0.3 is 5.69 Å². The Hall–Kier alpha value is -3.50. The smallest absolute Gasteiger partial charge is 0.332 e. The molecule has 3 aromatic heterocycles. The Morgan fingerprint density at radius 3 is 2.83 bits per heavy atom. The van der Waals surface area contributed by atoms with E-state index in [1.807, 2.05) is 0 Å². The monoisotopic (exact) mass is 399 g/mol. The third kappa shape index (κ3) is 3.50. The molecule has 1 amide bonds. The molecule has 0 bridgehead atoms. The molecule has 0 N–H and O–H groups in total. The van der Waals surface area contributed by atoms with Crippen molar-refractivity contribution in [1.29, 1.82) is 0 Å². The summed E-state index contributed by atoms with van der Waals surface area (Å²) < 4.78 is 9.65. The number of amides is 1. The van der Waals surface area contributed by atoms with Crippen LogP contribution in [0.4, 0.5) is 0 Å². The minimum atomic E-state index is -0.475. The van der Waals surface area contributed by atoms with Crippen LogP contribution >= 0.6 is 0 Å². The van der Waals surface area contributed by atoms with Gasteiger partial charge in [0.25, 0.3) is 5.56 Å². The molecule has 11 heteroatoms. The van der Waals surface area contributed by atoms with Crippen LogP contribution in [0.2, 0.25) is 0 Å². The molecule has 1 fully saturated rings. The first-order valence-electron chi connectivity index (χ1n) is 9.27. The van der Waals surface area contributed by atoms with Gasteiger partial charge in [0.15, 0.2) is 11.2 Å². The number of rotatable bonds is 4. The van der Waals surface area contributed by atoms with E-state index in [0.29, 0.717) is 19.0 Å². The summed E-state index contributed by atoms with van der Waals surface area (Å²) in [7, 11) is 2.95. The Labute approximate surface area is 165 Å². The highest BCUT2D eigenvalue weighted by Gasteiger charge is 2.26. The van der Waals surface area contributed by atoms with E-state index >= 15 is 0 Å². The molecule has 3 aromatic rings. The van der Waals surface area contributed by atoms with Crippen molar-refractivity contribution in [2.45, 2.75) is 25.5 Å². The maximum Gasteiger partial charge on any atom is 0.332 e. The number of carbonyl (C=O) groups excluding carboxylic acids is 1. The third-order valence-corrected chi connectivity index (χ3v) is 5.10. The molecule has 4 rings (SSSR count). The van der Waals surface area contributed by atoms with E-state index < -0.39 is 11.2 Å². The molecule has 1 atom stereocenters. The van der Waals surface area contributed by atoms with Gasteiger partial charge in [-0.2, -0.15) is 0 Å². The molecule has 0 aromatic carbocycles. The summed E-state index contributed by atoms with van der Waals surface area (Å²) in [6, 6.07) is 1.68. The van der Waals surface area contributed by atoms with Crippen molar-refractivity contribution in [2.24, 2.45) is 14.1 Å². The van der Waals surface area contributed by atoms with Crippen LogP contribution in [0.3, 0.4) is 0 Å². The summed E-state index contributed by atoms with van der Waals surface area (Å²) in [4.78, 5) is 51.2. The average Bonchev–Trinajstić information content (AvgIpc) is 3.15. The Balaban J connectivity index is 1.52. The number of imidazole rings is 1. The Morgan fingerprint density at radius 1 is 1.24 bits per heavy atom. The lowest BCUT2D eigenvalue weighted by atomic mass is 10.1. The van der Waals surface area contributed by atoms with Gasteiger partial charge in [-0.3, -0.25) is 18.7 Å². The van der Waals surface area contributed by atoms with Crippen molar-refractivity contribution >= 4 is 17.1 Å². The molecule has 0 aliphatic carbocycles. The minimum absolute atomic E-state index is 0.0375.